The van der Waals surface area contributed by atoms with Crippen molar-refractivity contribution in [2.45, 2.75) is 27.9 Å². The number of benzene rings is 1. The molecule has 33 heavy (non-hydrogen) atoms. The summed E-state index contributed by atoms with van der Waals surface area (Å²) >= 11 is 3.32. The third-order valence-electron chi connectivity index (χ3n) is 4.81. The van der Waals surface area contributed by atoms with Crippen LogP contribution >= 0.6 is 11.6 Å². The minimum Gasteiger partial charge on any atom is -0.491 e. The van der Waals surface area contributed by atoms with Crippen molar-refractivity contribution in [3.8, 4) is 5.75 Å². The van der Waals surface area contributed by atoms with Gasteiger partial charge in [0, 0.05) is 32.3 Å². The molecule has 1 unspecified atom stereocenters. The van der Waals surface area contributed by atoms with Gasteiger partial charge in [0.15, 0.2) is 15.5 Å². The van der Waals surface area contributed by atoms with Crippen LogP contribution in [-0.4, -0.2) is 65.8 Å². The first-order valence-corrected chi connectivity index (χ1v) is 12.4. The average molecular weight is 530 g/mol. The molecule has 0 bridgehead atoms. The molecular weight excluding hydrogens is 511 g/mol. The normalized spacial score (nSPS) is 17.9. The van der Waals surface area contributed by atoms with Gasteiger partial charge in [0.25, 0.3) is 0 Å². The molecule has 9 nitrogen and oxygen atoms in total. The number of anilines is 1. The average Bonchev–Trinajstić information content (AvgIpc) is 3.24. The van der Waals surface area contributed by atoms with Crippen LogP contribution in [-0.2, 0) is 31.8 Å². The van der Waals surface area contributed by atoms with Crippen molar-refractivity contribution in [2.75, 3.05) is 38.3 Å². The molecule has 2 aromatic rings. The molecule has 2 atom stereocenters. The molecule has 182 valence electrons. The molecule has 2 heterocycles. The van der Waals surface area contributed by atoms with Gasteiger partial charge < -0.3 is 14.4 Å². The van der Waals surface area contributed by atoms with Crippen LogP contribution in [0.2, 0.25) is 5.02 Å². The van der Waals surface area contributed by atoms with Gasteiger partial charge in [-0.25, -0.2) is 22.6 Å². The maximum atomic E-state index is 13.1. The first-order chi connectivity index (χ1) is 15.4. The number of rotatable bonds is 8. The summed E-state index contributed by atoms with van der Waals surface area (Å²) in [6.45, 7) is 0.457. The van der Waals surface area contributed by atoms with Crippen molar-refractivity contribution in [3.63, 3.8) is 0 Å². The Hall–Kier alpha value is -2.00. The third kappa shape index (κ3) is 5.93. The van der Waals surface area contributed by atoms with E-state index in [1.165, 1.54) is 30.2 Å². The van der Waals surface area contributed by atoms with E-state index in [4.69, 9.17) is 25.6 Å². The Morgan fingerprint density at radius 2 is 2.00 bits per heavy atom. The maximum Gasteiger partial charge on any atom is 0.433 e. The monoisotopic (exact) mass is 529 g/mol. The molecule has 1 aliphatic heterocycles. The summed E-state index contributed by atoms with van der Waals surface area (Å²) in [5, 5.41) is -1.96. The summed E-state index contributed by atoms with van der Waals surface area (Å²) in [7, 11) is -2.44. The van der Waals surface area contributed by atoms with E-state index in [-0.39, 0.29) is 41.9 Å². The van der Waals surface area contributed by atoms with Gasteiger partial charge in [-0.15, -0.1) is 0 Å². The van der Waals surface area contributed by atoms with E-state index >= 15 is 0 Å². The Kier molecular flexibility index (Phi) is 7.84. The van der Waals surface area contributed by atoms with Crippen molar-refractivity contribution < 1.29 is 39.8 Å². The minimum atomic E-state index is -4.88. The highest BCUT2D eigenvalue weighted by Crippen LogP contribution is 2.34. The van der Waals surface area contributed by atoms with Crippen LogP contribution in [0.5, 0.6) is 5.75 Å². The molecule has 0 saturated carbocycles. The lowest BCUT2D eigenvalue weighted by atomic mass is 10.3. The standard InChI is InChI=1S/C18H19ClF3N3O6S2/c1-30-6-7-31-11-2-3-14(13(19)8-11)33(28,29)12-4-5-25(10-12)16-9-15(18(20,21)22)23-17(24-16)32(26)27/h2-3,8-9,12H,4-7,10H2,1H3,(H,26,27)/t12-/m0/s1. The Balaban J connectivity index is 1.83. The predicted octanol–water partition coefficient (Wildman–Crippen LogP) is 2.81. The van der Waals surface area contributed by atoms with Crippen molar-refractivity contribution >= 4 is 38.3 Å². The lowest BCUT2D eigenvalue weighted by Gasteiger charge is -2.19. The number of hydrogen-bond acceptors (Lipinski definition) is 8. The Morgan fingerprint density at radius 1 is 1.27 bits per heavy atom. The zero-order valence-electron chi connectivity index (χ0n) is 17.1. The molecule has 1 saturated heterocycles. The lowest BCUT2D eigenvalue weighted by Crippen LogP contribution is -2.28. The Labute approximate surface area is 195 Å². The van der Waals surface area contributed by atoms with Crippen LogP contribution in [0.15, 0.2) is 34.3 Å². The quantitative estimate of drug-likeness (QED) is 0.313. The van der Waals surface area contributed by atoms with Gasteiger partial charge in [-0.3, -0.25) is 4.55 Å². The summed E-state index contributed by atoms with van der Waals surface area (Å²) < 4.78 is 96.4. The zero-order chi connectivity index (χ0) is 24.4. The molecule has 1 aromatic heterocycles. The lowest BCUT2D eigenvalue weighted by molar-refractivity contribution is -0.141. The largest absolute Gasteiger partial charge is 0.491 e. The Morgan fingerprint density at radius 3 is 2.61 bits per heavy atom. The van der Waals surface area contributed by atoms with Crippen molar-refractivity contribution in [3.05, 3.63) is 35.0 Å². The molecule has 0 aliphatic carbocycles. The summed E-state index contributed by atoms with van der Waals surface area (Å²) in [5.74, 6) is 0.0645. The molecular formula is C18H19ClF3N3O6S2. The molecule has 0 spiro atoms. The van der Waals surface area contributed by atoms with Crippen LogP contribution < -0.4 is 9.64 Å². The summed E-state index contributed by atoms with van der Waals surface area (Å²) in [5.41, 5.74) is -1.40. The van der Waals surface area contributed by atoms with Crippen molar-refractivity contribution in [1.82, 2.24) is 9.97 Å². The number of sulfone groups is 1. The number of halogens is 4. The van der Waals surface area contributed by atoms with Gasteiger partial charge in [0.2, 0.25) is 16.2 Å². The van der Waals surface area contributed by atoms with Gasteiger partial charge in [0.05, 0.1) is 21.8 Å². The second-order valence-corrected chi connectivity index (χ2v) is 10.4. The number of ether oxygens (including phenoxy) is 2. The summed E-state index contributed by atoms with van der Waals surface area (Å²) in [6.07, 6.45) is -4.79. The van der Waals surface area contributed by atoms with E-state index in [0.717, 1.165) is 0 Å². The van der Waals surface area contributed by atoms with Crippen LogP contribution in [0.3, 0.4) is 0 Å². The van der Waals surface area contributed by atoms with Gasteiger partial charge >= 0.3 is 6.18 Å². The van der Waals surface area contributed by atoms with E-state index in [1.54, 1.807) is 0 Å². The molecule has 3 rings (SSSR count). The van der Waals surface area contributed by atoms with Gasteiger partial charge in [-0.2, -0.15) is 13.2 Å². The molecule has 1 N–H and O–H groups in total. The van der Waals surface area contributed by atoms with E-state index in [2.05, 4.69) is 9.97 Å². The first-order valence-electron chi connectivity index (χ1n) is 9.40. The molecule has 1 aliphatic rings. The fraction of sp³-hybridized carbons (Fsp3) is 0.444. The minimum absolute atomic E-state index is 0.0530. The molecule has 1 aromatic carbocycles. The number of alkyl halides is 3. The van der Waals surface area contributed by atoms with E-state index in [9.17, 15) is 25.8 Å². The molecule has 0 amide bonds. The van der Waals surface area contributed by atoms with Crippen molar-refractivity contribution in [2.24, 2.45) is 0 Å². The highest BCUT2D eigenvalue weighted by Gasteiger charge is 2.38. The fourth-order valence-electron chi connectivity index (χ4n) is 3.21. The van der Waals surface area contributed by atoms with Crippen LogP contribution in [0, 0.1) is 0 Å². The number of aromatic nitrogens is 2. The highest BCUT2D eigenvalue weighted by atomic mass is 35.5. The highest BCUT2D eigenvalue weighted by molar-refractivity contribution is 7.92. The molecule has 15 heteroatoms. The van der Waals surface area contributed by atoms with E-state index in [1.807, 2.05) is 0 Å². The predicted molar refractivity (Wildman–Crippen MR) is 113 cm³/mol. The van der Waals surface area contributed by atoms with E-state index < -0.39 is 43.2 Å². The first kappa shape index (κ1) is 25.6. The second-order valence-electron chi connectivity index (χ2n) is 6.98. The number of nitrogens with zero attached hydrogens (tertiary/aromatic N) is 3. The fourth-order valence-corrected chi connectivity index (χ4v) is 5.79. The van der Waals surface area contributed by atoms with E-state index in [0.29, 0.717) is 18.4 Å². The number of methoxy groups -OCH3 is 1. The third-order valence-corrected chi connectivity index (χ3v) is 7.96. The van der Waals surface area contributed by atoms with Crippen LogP contribution in [0.4, 0.5) is 19.0 Å². The van der Waals surface area contributed by atoms with Gasteiger partial charge in [0.1, 0.15) is 18.2 Å². The van der Waals surface area contributed by atoms with Gasteiger partial charge in [-0.1, -0.05) is 11.6 Å². The van der Waals surface area contributed by atoms with Crippen LogP contribution in [0.25, 0.3) is 0 Å². The molecule has 1 fully saturated rings. The topological polar surface area (TPSA) is 119 Å². The SMILES string of the molecule is COCCOc1ccc(S(=O)(=O)[C@H]2CCN(c3cc(C(F)(F)F)nc(S(=O)O)n3)C2)c(Cl)c1. The summed E-state index contributed by atoms with van der Waals surface area (Å²) in [4.78, 5) is 7.93. The van der Waals surface area contributed by atoms with Crippen LogP contribution in [0.1, 0.15) is 12.1 Å². The van der Waals surface area contributed by atoms with Crippen molar-refractivity contribution in [1.29, 1.82) is 0 Å². The Bertz CT molecular complexity index is 1150. The maximum absolute atomic E-state index is 13.1. The summed E-state index contributed by atoms with van der Waals surface area (Å²) in [6, 6.07) is 4.73. The zero-order valence-corrected chi connectivity index (χ0v) is 19.5. The van der Waals surface area contributed by atoms with Gasteiger partial charge in [-0.05, 0) is 18.6 Å². The molecule has 0 radical (unpaired) electrons. The second kappa shape index (κ2) is 10.1. The smallest absolute Gasteiger partial charge is 0.433 e. The number of hydrogen-bond donors (Lipinski definition) is 1.